The van der Waals surface area contributed by atoms with Gasteiger partial charge in [-0.15, -0.1) is 4.99 Å². The fourth-order valence-corrected chi connectivity index (χ4v) is 3.66. The summed E-state index contributed by atoms with van der Waals surface area (Å²) in [7, 11) is 0. The summed E-state index contributed by atoms with van der Waals surface area (Å²) in [4.78, 5) is 32.8. The Morgan fingerprint density at radius 3 is 2.32 bits per heavy atom. The van der Waals surface area contributed by atoms with Crippen molar-refractivity contribution >= 4 is 23.6 Å². The molecule has 0 aromatic heterocycles. The zero-order valence-electron chi connectivity index (χ0n) is 18.3. The summed E-state index contributed by atoms with van der Waals surface area (Å²) in [5.74, 6) is 1.04. The van der Waals surface area contributed by atoms with Crippen molar-refractivity contribution in [1.82, 2.24) is 9.80 Å². The third kappa shape index (κ3) is 4.75. The van der Waals surface area contributed by atoms with E-state index < -0.39 is 6.03 Å². The number of carbonyl (C=O) groups excluding carboxylic acids is 2. The van der Waals surface area contributed by atoms with E-state index >= 15 is 0 Å². The molecule has 0 unspecified atom stereocenters. The molecule has 0 aliphatic carbocycles. The molecule has 0 radical (unpaired) electrons. The topological polar surface area (TPSA) is 83.5 Å². The largest absolute Gasteiger partial charge is 0.457 e. The number of aliphatic imine (C=N–C) groups is 1. The van der Waals surface area contributed by atoms with Crippen molar-refractivity contribution < 1.29 is 19.1 Å². The molecule has 8 heteroatoms. The maximum Gasteiger partial charge on any atom is 0.348 e. The van der Waals surface area contributed by atoms with Gasteiger partial charge in [-0.1, -0.05) is 48.5 Å². The van der Waals surface area contributed by atoms with Crippen molar-refractivity contribution in [1.29, 1.82) is 0 Å². The highest BCUT2D eigenvalue weighted by atomic mass is 16.5. The average Bonchev–Trinajstić information content (AvgIpc) is 3.19. The number of amidine groups is 1. The maximum atomic E-state index is 12.9. The number of nitrogens with one attached hydrogen (secondary N) is 1. The lowest BCUT2D eigenvalue weighted by molar-refractivity contribution is -0.113. The number of ether oxygens (including phenoxy) is 2. The number of para-hydroxylation sites is 1. The molecule has 3 amide bonds. The molecule has 0 saturated heterocycles. The Morgan fingerprint density at radius 2 is 1.59 bits per heavy atom. The second-order valence-corrected chi connectivity index (χ2v) is 7.75. The van der Waals surface area contributed by atoms with Crippen molar-refractivity contribution in [2.24, 2.45) is 4.99 Å². The van der Waals surface area contributed by atoms with Crippen molar-refractivity contribution in [2.75, 3.05) is 18.4 Å². The third-order valence-corrected chi connectivity index (χ3v) is 5.39. The van der Waals surface area contributed by atoms with Crippen LogP contribution in [0.5, 0.6) is 11.5 Å². The number of rotatable bonds is 6. The van der Waals surface area contributed by atoms with E-state index in [9.17, 15) is 9.59 Å². The number of amides is 3. The first kappa shape index (κ1) is 21.3. The number of benzene rings is 3. The molecular weight excluding hydrogens is 432 g/mol. The lowest BCUT2D eigenvalue weighted by Crippen LogP contribution is -2.36. The molecule has 1 N–H and O–H groups in total. The molecule has 8 nitrogen and oxygen atoms in total. The van der Waals surface area contributed by atoms with Crippen LogP contribution in [0.15, 0.2) is 102 Å². The number of carbonyl (C=O) groups is 2. The van der Waals surface area contributed by atoms with Crippen LogP contribution in [0.2, 0.25) is 0 Å². The van der Waals surface area contributed by atoms with Crippen LogP contribution < -0.4 is 10.1 Å². The van der Waals surface area contributed by atoms with Crippen LogP contribution in [-0.2, 0) is 16.1 Å². The van der Waals surface area contributed by atoms with E-state index in [1.165, 1.54) is 6.26 Å². The average molecular weight is 454 g/mol. The molecular formula is C26H22N4O4. The predicted molar refractivity (Wildman–Crippen MR) is 127 cm³/mol. The van der Waals surface area contributed by atoms with E-state index in [0.717, 1.165) is 11.3 Å². The Labute approximate surface area is 196 Å². The Morgan fingerprint density at radius 1 is 0.912 bits per heavy atom. The van der Waals surface area contributed by atoms with Gasteiger partial charge in [0.15, 0.2) is 0 Å². The van der Waals surface area contributed by atoms with E-state index in [1.54, 1.807) is 34.1 Å². The molecule has 170 valence electrons. The van der Waals surface area contributed by atoms with Gasteiger partial charge < -0.3 is 19.7 Å². The molecule has 0 bridgehead atoms. The highest BCUT2D eigenvalue weighted by Gasteiger charge is 2.33. The molecule has 0 spiro atoms. The van der Waals surface area contributed by atoms with Gasteiger partial charge in [0.1, 0.15) is 23.5 Å². The van der Waals surface area contributed by atoms with Gasteiger partial charge in [-0.05, 0) is 42.0 Å². The molecule has 0 atom stereocenters. The maximum absolute atomic E-state index is 12.9. The summed E-state index contributed by atoms with van der Waals surface area (Å²) < 4.78 is 11.2. The smallest absolute Gasteiger partial charge is 0.348 e. The second-order valence-electron chi connectivity index (χ2n) is 7.75. The lowest BCUT2D eigenvalue weighted by Gasteiger charge is -2.21. The summed E-state index contributed by atoms with van der Waals surface area (Å²) in [6, 6.07) is 25.9. The van der Waals surface area contributed by atoms with Crippen LogP contribution in [-0.4, -0.2) is 40.8 Å². The van der Waals surface area contributed by atoms with Crippen LogP contribution in [0.4, 0.5) is 10.5 Å². The zero-order chi connectivity index (χ0) is 23.3. The van der Waals surface area contributed by atoms with Gasteiger partial charge in [0.05, 0.1) is 0 Å². The quantitative estimate of drug-likeness (QED) is 0.589. The molecule has 3 aromatic carbocycles. The summed E-state index contributed by atoms with van der Waals surface area (Å²) in [6.45, 7) is 1.23. The predicted octanol–water partition coefficient (Wildman–Crippen LogP) is 4.58. The fourth-order valence-electron chi connectivity index (χ4n) is 3.66. The van der Waals surface area contributed by atoms with Gasteiger partial charge in [-0.2, -0.15) is 0 Å². The van der Waals surface area contributed by atoms with Crippen molar-refractivity contribution in [3.05, 3.63) is 102 Å². The summed E-state index contributed by atoms with van der Waals surface area (Å²) in [5.41, 5.74) is 1.90. The normalized spacial score (nSPS) is 15.0. The molecule has 5 rings (SSSR count). The Balaban J connectivity index is 1.21. The first-order valence-electron chi connectivity index (χ1n) is 10.9. The Hall–Kier alpha value is -4.59. The van der Waals surface area contributed by atoms with Gasteiger partial charge in [0.2, 0.25) is 0 Å². The number of hydrogen-bond acceptors (Lipinski definition) is 5. The van der Waals surface area contributed by atoms with Crippen molar-refractivity contribution in [2.45, 2.75) is 6.54 Å². The van der Waals surface area contributed by atoms with E-state index in [-0.39, 0.29) is 17.6 Å². The van der Waals surface area contributed by atoms with E-state index in [0.29, 0.717) is 31.1 Å². The molecule has 34 heavy (non-hydrogen) atoms. The van der Waals surface area contributed by atoms with E-state index in [1.807, 2.05) is 60.7 Å². The Kier molecular flexibility index (Phi) is 5.94. The molecule has 2 aliphatic heterocycles. The Bertz CT molecular complexity index is 1240. The summed E-state index contributed by atoms with van der Waals surface area (Å²) in [6.07, 6.45) is 1.32. The van der Waals surface area contributed by atoms with Crippen LogP contribution >= 0.6 is 0 Å². The second kappa shape index (κ2) is 9.50. The fraction of sp³-hybridized carbons (Fsp3) is 0.115. The number of anilines is 1. The van der Waals surface area contributed by atoms with Gasteiger partial charge in [-0.25, -0.2) is 4.79 Å². The van der Waals surface area contributed by atoms with Gasteiger partial charge in [0, 0.05) is 25.3 Å². The van der Waals surface area contributed by atoms with E-state index in [2.05, 4.69) is 10.3 Å². The SMILES string of the molecule is O=C(Nc1ccc(Oc2ccccc2)cc1)C1=COC2=NC(=O)N(Cc3ccccc3)CCN12. The first-order chi connectivity index (χ1) is 16.7. The lowest BCUT2D eigenvalue weighted by atomic mass is 10.2. The van der Waals surface area contributed by atoms with Crippen LogP contribution in [0.3, 0.4) is 0 Å². The van der Waals surface area contributed by atoms with Crippen LogP contribution in [0.25, 0.3) is 0 Å². The first-order valence-corrected chi connectivity index (χ1v) is 10.9. The standard InChI is InChI=1S/C26H22N4O4/c31-24(27-20-11-13-22(14-12-20)34-21-9-5-2-6-10-21)23-18-33-26-28-25(32)29(15-16-30(23)26)17-19-7-3-1-4-8-19/h1-14,18H,15-17H2,(H,27,31). The molecule has 0 saturated carbocycles. The minimum Gasteiger partial charge on any atom is -0.457 e. The van der Waals surface area contributed by atoms with Crippen LogP contribution in [0.1, 0.15) is 5.56 Å². The highest BCUT2D eigenvalue weighted by molar-refractivity contribution is 6.08. The molecule has 2 aliphatic rings. The van der Waals surface area contributed by atoms with E-state index in [4.69, 9.17) is 9.47 Å². The minimum absolute atomic E-state index is 0.109. The van der Waals surface area contributed by atoms with Crippen LogP contribution in [0, 0.1) is 0 Å². The van der Waals surface area contributed by atoms with Gasteiger partial charge in [-0.3, -0.25) is 9.69 Å². The molecule has 3 aromatic rings. The van der Waals surface area contributed by atoms with Gasteiger partial charge >= 0.3 is 12.1 Å². The number of urea groups is 1. The number of hydrogen-bond donors (Lipinski definition) is 1. The zero-order valence-corrected chi connectivity index (χ0v) is 18.3. The molecule has 2 heterocycles. The van der Waals surface area contributed by atoms with Crippen molar-refractivity contribution in [3.63, 3.8) is 0 Å². The van der Waals surface area contributed by atoms with Crippen molar-refractivity contribution in [3.8, 4) is 11.5 Å². The highest BCUT2D eigenvalue weighted by Crippen LogP contribution is 2.24. The summed E-state index contributed by atoms with van der Waals surface area (Å²) >= 11 is 0. The monoisotopic (exact) mass is 454 g/mol. The molecule has 0 fully saturated rings. The minimum atomic E-state index is -0.398. The van der Waals surface area contributed by atoms with Gasteiger partial charge in [0.25, 0.3) is 5.91 Å². The third-order valence-electron chi connectivity index (χ3n) is 5.39. The number of nitrogens with zero attached hydrogens (tertiary/aromatic N) is 3. The summed E-state index contributed by atoms with van der Waals surface area (Å²) in [5, 5.41) is 2.85. The number of fused-ring (bicyclic) bond motifs is 1.